The molecule has 1 heterocycles. The van der Waals surface area contributed by atoms with Gasteiger partial charge >= 0.3 is 11.9 Å². The molecule has 0 aliphatic carbocycles. The molecule has 0 saturated heterocycles. The molecule has 0 aromatic heterocycles. The number of benzene rings is 1. The van der Waals surface area contributed by atoms with Crippen LogP contribution in [0.5, 0.6) is 0 Å². The second-order valence-corrected chi connectivity index (χ2v) is 15.8. The maximum Gasteiger partial charge on any atom is 0.334 e. The van der Waals surface area contributed by atoms with Crippen LogP contribution in [0.4, 0.5) is 0 Å². The van der Waals surface area contributed by atoms with E-state index in [-0.39, 0.29) is 30.6 Å². The number of rotatable bonds is 7. The molecule has 2 rings (SSSR count). The number of allylic oxidation sites excluding steroid dienone is 1. The molecule has 0 spiro atoms. The van der Waals surface area contributed by atoms with Crippen LogP contribution in [-0.2, 0) is 49.5 Å². The number of carbonyl (C=O) groups excluding carboxylic acids is 7. The number of likely N-dealkylation sites (N-methyl/N-ethyl adjacent to an activating group) is 2. The number of hydrogen-bond donors (Lipinski definition) is 3. The van der Waals surface area contributed by atoms with Gasteiger partial charge in [-0.05, 0) is 69.8 Å². The molecule has 1 aliphatic rings. The highest BCUT2D eigenvalue weighted by Gasteiger charge is 2.36. The Morgan fingerprint density at radius 1 is 0.821 bits per heavy atom. The van der Waals surface area contributed by atoms with Crippen LogP contribution in [0.25, 0.3) is 0 Å². The second kappa shape index (κ2) is 22.7. The molecular formula is C42H65N5O9. The number of esters is 2. The van der Waals surface area contributed by atoms with Gasteiger partial charge in [-0.3, -0.25) is 24.0 Å². The van der Waals surface area contributed by atoms with Crippen LogP contribution in [0.15, 0.2) is 42.0 Å². The van der Waals surface area contributed by atoms with Gasteiger partial charge in [-0.15, -0.1) is 0 Å². The van der Waals surface area contributed by atoms with Crippen molar-refractivity contribution in [2.75, 3.05) is 20.6 Å². The molecule has 14 nitrogen and oxygen atoms in total. The maximum absolute atomic E-state index is 14.1. The van der Waals surface area contributed by atoms with E-state index in [4.69, 9.17) is 9.47 Å². The molecule has 0 radical (unpaired) electrons. The van der Waals surface area contributed by atoms with Crippen molar-refractivity contribution >= 4 is 41.5 Å². The molecule has 1 aromatic rings. The summed E-state index contributed by atoms with van der Waals surface area (Å²) in [5.74, 6) is -4.62. The molecule has 312 valence electrons. The molecule has 14 heteroatoms. The monoisotopic (exact) mass is 783 g/mol. The first-order valence-electron chi connectivity index (χ1n) is 19.8. The first-order chi connectivity index (χ1) is 26.3. The molecule has 0 saturated carbocycles. The fraction of sp³-hybridized carbons (Fsp3) is 0.643. The van der Waals surface area contributed by atoms with Gasteiger partial charge in [0.05, 0.1) is 6.54 Å². The molecule has 0 fully saturated rings. The van der Waals surface area contributed by atoms with Gasteiger partial charge < -0.3 is 35.2 Å². The van der Waals surface area contributed by atoms with Gasteiger partial charge in [0.15, 0.2) is 6.10 Å². The highest BCUT2D eigenvalue weighted by atomic mass is 16.6. The van der Waals surface area contributed by atoms with E-state index < -0.39 is 84.4 Å². The zero-order valence-electron chi connectivity index (χ0n) is 35.2. The summed E-state index contributed by atoms with van der Waals surface area (Å²) in [4.78, 5) is 97.3. The Balaban J connectivity index is 2.53. The normalized spacial score (nSPS) is 26.8. The van der Waals surface area contributed by atoms with Gasteiger partial charge in [0.1, 0.15) is 30.3 Å². The molecule has 1 unspecified atom stereocenters. The van der Waals surface area contributed by atoms with Crippen LogP contribution in [0.1, 0.15) is 100.0 Å². The van der Waals surface area contributed by atoms with E-state index in [1.807, 2.05) is 52.8 Å². The standard InChI is InChI=1S/C42H65N5O9/c1-12-27(6)36-38(50)44-30(9)42(54)55-33(26(4)5)21-17-16-18-28(7)41(53)56-34(22-25(2)3)37(49)43-29(8)39(51)47(11)32(23-31-19-14-13-15-20-31)40(52)46(10)24-35(48)45-36/h13-15,18-20,25-27,29-30,32-34,36H,12,16-17,21-24H2,1-11H3,(H,43,49)(H,44,50)(H,45,48)/b28-18+/t27?,29-,30+,32+,33+,34+,36-/m0/s1. The predicted octanol–water partition coefficient (Wildman–Crippen LogP) is 3.71. The third-order valence-corrected chi connectivity index (χ3v) is 10.1. The smallest absolute Gasteiger partial charge is 0.334 e. The highest BCUT2D eigenvalue weighted by molar-refractivity contribution is 5.96. The number of hydrogen-bond acceptors (Lipinski definition) is 9. The Kier molecular flexibility index (Phi) is 19.2. The third kappa shape index (κ3) is 14.7. The summed E-state index contributed by atoms with van der Waals surface area (Å²) in [7, 11) is 2.89. The van der Waals surface area contributed by atoms with Crippen LogP contribution in [0, 0.1) is 17.8 Å². The topological polar surface area (TPSA) is 181 Å². The average molecular weight is 784 g/mol. The summed E-state index contributed by atoms with van der Waals surface area (Å²) < 4.78 is 11.5. The van der Waals surface area contributed by atoms with Crippen LogP contribution in [0.2, 0.25) is 0 Å². The van der Waals surface area contributed by atoms with E-state index in [0.29, 0.717) is 31.3 Å². The first kappa shape index (κ1) is 47.4. The van der Waals surface area contributed by atoms with Gasteiger partial charge in [-0.1, -0.05) is 84.4 Å². The summed E-state index contributed by atoms with van der Waals surface area (Å²) in [6.45, 7) is 15.5. The predicted molar refractivity (Wildman–Crippen MR) is 213 cm³/mol. The average Bonchev–Trinajstić information content (AvgIpc) is 3.14. The third-order valence-electron chi connectivity index (χ3n) is 10.1. The number of carbonyl (C=O) groups is 7. The van der Waals surface area contributed by atoms with E-state index in [9.17, 15) is 33.6 Å². The van der Waals surface area contributed by atoms with Gasteiger partial charge in [0, 0.05) is 26.1 Å². The number of ether oxygens (including phenoxy) is 2. The Morgan fingerprint density at radius 2 is 1.45 bits per heavy atom. The van der Waals surface area contributed by atoms with Crippen LogP contribution in [0.3, 0.4) is 0 Å². The number of nitrogens with one attached hydrogen (secondary N) is 3. The quantitative estimate of drug-likeness (QED) is 0.348. The largest absolute Gasteiger partial charge is 0.461 e. The van der Waals surface area contributed by atoms with Crippen LogP contribution >= 0.6 is 0 Å². The SMILES string of the molecule is CCC(C)[C@@H]1NC(=O)CN(C)C(=O)[C@@H](Cc2ccccc2)N(C)C(=O)[C@H](C)NC(=O)[C@@H](CC(C)C)OC(=O)/C(C)=C/CCC[C@H](C(C)C)OC(=O)[C@@H](C)NC1=O. The van der Waals surface area contributed by atoms with E-state index in [0.717, 1.165) is 5.56 Å². The Morgan fingerprint density at radius 3 is 2.04 bits per heavy atom. The molecule has 1 aromatic carbocycles. The Bertz CT molecular complexity index is 1550. The summed E-state index contributed by atoms with van der Waals surface area (Å²) >= 11 is 0. The van der Waals surface area contributed by atoms with Crippen LogP contribution < -0.4 is 16.0 Å². The summed E-state index contributed by atoms with van der Waals surface area (Å²) in [6.07, 6.45) is 2.47. The Labute approximate surface area is 332 Å². The van der Waals surface area contributed by atoms with Crippen molar-refractivity contribution in [2.45, 2.75) is 137 Å². The molecule has 56 heavy (non-hydrogen) atoms. The summed E-state index contributed by atoms with van der Waals surface area (Å²) in [5.41, 5.74) is 1.06. The van der Waals surface area contributed by atoms with Crippen molar-refractivity contribution < 1.29 is 43.0 Å². The fourth-order valence-electron chi connectivity index (χ4n) is 6.24. The zero-order chi connectivity index (χ0) is 42.3. The van der Waals surface area contributed by atoms with Gasteiger partial charge in [0.25, 0.3) is 5.91 Å². The molecule has 5 amide bonds. The van der Waals surface area contributed by atoms with E-state index in [1.54, 1.807) is 32.1 Å². The van der Waals surface area contributed by atoms with Crippen LogP contribution in [-0.4, -0.2) is 108 Å². The van der Waals surface area contributed by atoms with Gasteiger partial charge in [-0.2, -0.15) is 0 Å². The lowest BCUT2D eigenvalue weighted by molar-refractivity contribution is -0.155. The lowest BCUT2D eigenvalue weighted by Crippen LogP contribution is -2.57. The zero-order valence-corrected chi connectivity index (χ0v) is 35.2. The van der Waals surface area contributed by atoms with E-state index in [2.05, 4.69) is 16.0 Å². The van der Waals surface area contributed by atoms with Crippen molar-refractivity contribution in [1.29, 1.82) is 0 Å². The van der Waals surface area contributed by atoms with Crippen molar-refractivity contribution in [3.05, 3.63) is 47.5 Å². The van der Waals surface area contributed by atoms with E-state index >= 15 is 0 Å². The lowest BCUT2D eigenvalue weighted by atomic mass is 9.98. The lowest BCUT2D eigenvalue weighted by Gasteiger charge is -2.33. The van der Waals surface area contributed by atoms with Crippen molar-refractivity contribution in [3.8, 4) is 0 Å². The van der Waals surface area contributed by atoms with Crippen molar-refractivity contribution in [2.24, 2.45) is 17.8 Å². The van der Waals surface area contributed by atoms with Crippen molar-refractivity contribution in [3.63, 3.8) is 0 Å². The minimum Gasteiger partial charge on any atom is -0.461 e. The minimum absolute atomic E-state index is 0.0235. The number of cyclic esters (lactones) is 2. The summed E-state index contributed by atoms with van der Waals surface area (Å²) in [5, 5.41) is 8.12. The highest BCUT2D eigenvalue weighted by Crippen LogP contribution is 2.19. The molecule has 7 atom stereocenters. The summed E-state index contributed by atoms with van der Waals surface area (Å²) in [6, 6.07) is 4.86. The Hall–Kier alpha value is -4.75. The minimum atomic E-state index is -1.18. The number of nitrogens with zero attached hydrogens (tertiary/aromatic N) is 2. The molecule has 0 bridgehead atoms. The molecule has 1 aliphatic heterocycles. The second-order valence-electron chi connectivity index (χ2n) is 15.8. The number of amides is 5. The molecule has 3 N–H and O–H groups in total. The maximum atomic E-state index is 14.1. The van der Waals surface area contributed by atoms with Gasteiger partial charge in [0.2, 0.25) is 23.6 Å². The van der Waals surface area contributed by atoms with Gasteiger partial charge in [-0.25, -0.2) is 9.59 Å². The fourth-order valence-corrected chi connectivity index (χ4v) is 6.24. The van der Waals surface area contributed by atoms with E-state index in [1.165, 1.54) is 37.7 Å². The molecular weight excluding hydrogens is 718 g/mol. The van der Waals surface area contributed by atoms with Crippen molar-refractivity contribution in [1.82, 2.24) is 25.8 Å². The first-order valence-corrected chi connectivity index (χ1v) is 19.8.